The Labute approximate surface area is 200 Å². The van der Waals surface area contributed by atoms with Crippen LogP contribution in [0.1, 0.15) is 27.3 Å². The van der Waals surface area contributed by atoms with Gasteiger partial charge in [-0.05, 0) is 41.0 Å². The van der Waals surface area contributed by atoms with Crippen LogP contribution in [0.5, 0.6) is 11.5 Å². The van der Waals surface area contributed by atoms with Gasteiger partial charge in [-0.3, -0.25) is 14.4 Å². The summed E-state index contributed by atoms with van der Waals surface area (Å²) in [6, 6.07) is 19.3. The number of H-pyrrole nitrogens is 1. The number of ether oxygens (including phenoxy) is 2. The normalized spacial score (nSPS) is 10.7. The first kappa shape index (κ1) is 23.5. The van der Waals surface area contributed by atoms with E-state index in [1.165, 1.54) is 0 Å². The lowest BCUT2D eigenvalue weighted by Crippen LogP contribution is -2.27. The van der Waals surface area contributed by atoms with E-state index in [1.54, 1.807) is 55.6 Å². The molecule has 0 saturated heterocycles. The van der Waals surface area contributed by atoms with Crippen LogP contribution in [0.3, 0.4) is 0 Å². The van der Waals surface area contributed by atoms with Gasteiger partial charge in [0.2, 0.25) is 0 Å². The van der Waals surface area contributed by atoms with Crippen molar-refractivity contribution in [3.8, 4) is 11.5 Å². The molecule has 0 unspecified atom stereocenters. The molecular weight excluding hydrogens is 450 g/mol. The minimum Gasteiger partial charge on any atom is -0.497 e. The largest absolute Gasteiger partial charge is 0.497 e. The predicted molar refractivity (Wildman–Crippen MR) is 129 cm³/mol. The van der Waals surface area contributed by atoms with Crippen LogP contribution >= 0.6 is 0 Å². The second-order valence-electron chi connectivity index (χ2n) is 7.77. The zero-order valence-corrected chi connectivity index (χ0v) is 18.9. The number of carbonyl (C=O) groups is 2. The quantitative estimate of drug-likeness (QED) is 0.341. The molecule has 3 aromatic carbocycles. The first-order chi connectivity index (χ1) is 16.9. The lowest BCUT2D eigenvalue weighted by atomic mass is 10.1. The fourth-order valence-electron chi connectivity index (χ4n) is 3.52. The third kappa shape index (κ3) is 5.83. The summed E-state index contributed by atoms with van der Waals surface area (Å²) in [6.07, 6.45) is -0.0546. The van der Waals surface area contributed by atoms with Gasteiger partial charge < -0.3 is 24.9 Å². The van der Waals surface area contributed by atoms with E-state index in [0.29, 0.717) is 22.6 Å². The van der Waals surface area contributed by atoms with Gasteiger partial charge in [0.05, 0.1) is 19.0 Å². The Morgan fingerprint density at radius 2 is 1.74 bits per heavy atom. The highest BCUT2D eigenvalue weighted by molar-refractivity contribution is 5.93. The minimum absolute atomic E-state index is 0.0546. The number of carbonyl (C=O) groups excluding carboxylic acids is 1. The third-order valence-corrected chi connectivity index (χ3v) is 5.27. The topological polar surface area (TPSA) is 131 Å². The monoisotopic (exact) mass is 473 g/mol. The summed E-state index contributed by atoms with van der Waals surface area (Å²) >= 11 is 0. The summed E-state index contributed by atoms with van der Waals surface area (Å²) < 4.78 is 11.0. The molecule has 9 heteroatoms. The molecule has 9 nitrogen and oxygen atoms in total. The van der Waals surface area contributed by atoms with E-state index in [2.05, 4.69) is 15.3 Å². The average molecular weight is 473 g/mol. The van der Waals surface area contributed by atoms with Crippen molar-refractivity contribution in [3.05, 3.63) is 99.6 Å². The smallest absolute Gasteiger partial charge is 0.307 e. The Morgan fingerprint density at radius 1 is 1.00 bits per heavy atom. The van der Waals surface area contributed by atoms with E-state index < -0.39 is 17.4 Å². The molecule has 0 fully saturated rings. The Bertz CT molecular complexity index is 1430. The molecule has 0 saturated carbocycles. The molecule has 0 aliphatic rings. The van der Waals surface area contributed by atoms with E-state index in [4.69, 9.17) is 14.6 Å². The summed E-state index contributed by atoms with van der Waals surface area (Å²) in [6.45, 7) is 0.418. The van der Waals surface area contributed by atoms with Crippen molar-refractivity contribution in [3.63, 3.8) is 0 Å². The number of amides is 1. The zero-order valence-electron chi connectivity index (χ0n) is 18.9. The molecule has 4 aromatic rings. The minimum atomic E-state index is -0.898. The number of carboxylic acids is 1. The molecule has 178 valence electrons. The number of methoxy groups -OCH3 is 1. The van der Waals surface area contributed by atoms with Crippen molar-refractivity contribution >= 4 is 22.8 Å². The summed E-state index contributed by atoms with van der Waals surface area (Å²) in [5.41, 5.74) is 2.18. The van der Waals surface area contributed by atoms with Crippen molar-refractivity contribution in [2.45, 2.75) is 19.6 Å². The highest BCUT2D eigenvalue weighted by Gasteiger charge is 2.14. The maximum atomic E-state index is 12.8. The first-order valence-electron chi connectivity index (χ1n) is 10.8. The van der Waals surface area contributed by atoms with Crippen LogP contribution in [0.4, 0.5) is 0 Å². The molecule has 0 bridgehead atoms. The summed E-state index contributed by atoms with van der Waals surface area (Å²) in [7, 11) is 1.57. The Morgan fingerprint density at radius 3 is 2.49 bits per heavy atom. The third-order valence-electron chi connectivity index (χ3n) is 5.27. The van der Waals surface area contributed by atoms with Crippen LogP contribution in [0.25, 0.3) is 10.9 Å². The second kappa shape index (κ2) is 10.5. The number of aromatic amines is 1. The van der Waals surface area contributed by atoms with Crippen LogP contribution in [0, 0.1) is 0 Å². The number of hydrogen-bond acceptors (Lipinski definition) is 6. The Hall–Kier alpha value is -4.66. The van der Waals surface area contributed by atoms with E-state index in [1.807, 2.05) is 18.2 Å². The molecule has 1 amide bonds. The van der Waals surface area contributed by atoms with Gasteiger partial charge in [0, 0.05) is 6.54 Å². The number of nitrogens with one attached hydrogen (secondary N) is 2. The van der Waals surface area contributed by atoms with Gasteiger partial charge in [-0.15, -0.1) is 0 Å². The predicted octanol–water partition coefficient (Wildman–Crippen LogP) is 3.07. The molecule has 4 rings (SSSR count). The van der Waals surface area contributed by atoms with Crippen LogP contribution in [-0.2, 0) is 24.4 Å². The standard InChI is InChI=1S/C26H23N3O6/c1-34-19-5-2-4-18(12-19)14-27-26(33)24-28-20-6-3-7-21(23(20)25(32)29-24)35-15-17-10-8-16(9-11-17)13-22(30)31/h2-12H,13-15H2,1H3,(H,27,33)(H,30,31)(H,28,29,32). The van der Waals surface area contributed by atoms with Gasteiger partial charge in [-0.1, -0.05) is 42.5 Å². The lowest BCUT2D eigenvalue weighted by molar-refractivity contribution is -0.136. The van der Waals surface area contributed by atoms with Crippen molar-refractivity contribution in [2.75, 3.05) is 7.11 Å². The second-order valence-corrected chi connectivity index (χ2v) is 7.77. The molecule has 1 heterocycles. The fourth-order valence-corrected chi connectivity index (χ4v) is 3.52. The van der Waals surface area contributed by atoms with Gasteiger partial charge in [0.25, 0.3) is 11.5 Å². The lowest BCUT2D eigenvalue weighted by Gasteiger charge is -2.10. The van der Waals surface area contributed by atoms with Crippen molar-refractivity contribution < 1.29 is 24.2 Å². The maximum absolute atomic E-state index is 12.8. The van der Waals surface area contributed by atoms with Crippen LogP contribution in [-0.4, -0.2) is 34.1 Å². The number of hydrogen-bond donors (Lipinski definition) is 3. The van der Waals surface area contributed by atoms with Crippen LogP contribution < -0.4 is 20.3 Å². The molecule has 0 aliphatic heterocycles. The van der Waals surface area contributed by atoms with E-state index in [-0.39, 0.29) is 30.8 Å². The molecule has 0 atom stereocenters. The summed E-state index contributed by atoms with van der Waals surface area (Å²) in [4.78, 5) is 43.1. The molecule has 1 aromatic heterocycles. The Balaban J connectivity index is 1.48. The number of aliphatic carboxylic acids is 1. The summed E-state index contributed by atoms with van der Waals surface area (Å²) in [5, 5.41) is 11.9. The molecule has 35 heavy (non-hydrogen) atoms. The number of benzene rings is 3. The van der Waals surface area contributed by atoms with Crippen molar-refractivity contribution in [2.24, 2.45) is 0 Å². The highest BCUT2D eigenvalue weighted by atomic mass is 16.5. The molecule has 0 spiro atoms. The molecular formula is C26H23N3O6. The van der Waals surface area contributed by atoms with E-state index in [0.717, 1.165) is 11.1 Å². The van der Waals surface area contributed by atoms with Gasteiger partial charge in [0.15, 0.2) is 5.82 Å². The highest BCUT2D eigenvalue weighted by Crippen LogP contribution is 2.22. The van der Waals surface area contributed by atoms with Crippen molar-refractivity contribution in [1.82, 2.24) is 15.3 Å². The number of nitrogens with zero attached hydrogens (tertiary/aromatic N) is 1. The van der Waals surface area contributed by atoms with Crippen molar-refractivity contribution in [1.29, 1.82) is 0 Å². The van der Waals surface area contributed by atoms with Crippen LogP contribution in [0.15, 0.2) is 71.5 Å². The van der Waals surface area contributed by atoms with Crippen LogP contribution in [0.2, 0.25) is 0 Å². The Kier molecular flexibility index (Phi) is 7.06. The SMILES string of the molecule is COc1cccc(CNC(=O)c2nc3cccc(OCc4ccc(CC(=O)O)cc4)c3c(=O)[nH]2)c1. The number of fused-ring (bicyclic) bond motifs is 1. The van der Waals surface area contributed by atoms with Gasteiger partial charge >= 0.3 is 5.97 Å². The van der Waals surface area contributed by atoms with Gasteiger partial charge in [-0.2, -0.15) is 0 Å². The number of aromatic nitrogens is 2. The number of carboxylic acid groups (broad SMARTS) is 1. The number of rotatable bonds is 9. The molecule has 0 radical (unpaired) electrons. The first-order valence-corrected chi connectivity index (χ1v) is 10.8. The molecule has 0 aliphatic carbocycles. The van der Waals surface area contributed by atoms with Gasteiger partial charge in [-0.25, -0.2) is 4.98 Å². The fraction of sp³-hybridized carbons (Fsp3) is 0.154. The summed E-state index contributed by atoms with van der Waals surface area (Å²) in [5.74, 6) is -0.507. The molecule has 3 N–H and O–H groups in total. The average Bonchev–Trinajstić information content (AvgIpc) is 2.86. The van der Waals surface area contributed by atoms with E-state index in [9.17, 15) is 14.4 Å². The van der Waals surface area contributed by atoms with Gasteiger partial charge in [0.1, 0.15) is 23.5 Å². The van der Waals surface area contributed by atoms with E-state index >= 15 is 0 Å². The maximum Gasteiger partial charge on any atom is 0.307 e. The zero-order chi connectivity index (χ0) is 24.8.